The molecule has 2 rings (SSSR count). The Labute approximate surface area is 110 Å². The van der Waals surface area contributed by atoms with Crippen molar-refractivity contribution >= 4 is 5.97 Å². The number of methoxy groups -OCH3 is 1. The van der Waals surface area contributed by atoms with E-state index in [2.05, 4.69) is 0 Å². The molecule has 0 aliphatic carbocycles. The second-order valence-electron chi connectivity index (χ2n) is 4.10. The number of ether oxygens (including phenoxy) is 1. The van der Waals surface area contributed by atoms with Gasteiger partial charge in [0.05, 0.1) is 7.11 Å². The fraction of sp³-hybridized carbons (Fsp3) is 0.133. The molecule has 0 saturated carbocycles. The summed E-state index contributed by atoms with van der Waals surface area (Å²) in [6, 6.07) is 12.3. The zero-order valence-corrected chi connectivity index (χ0v) is 10.3. The fourth-order valence-electron chi connectivity index (χ4n) is 1.95. The number of carbonyl (C=O) groups is 1. The van der Waals surface area contributed by atoms with Crippen LogP contribution >= 0.6 is 0 Å². The molecular weight excluding hydrogens is 247 g/mol. The lowest BCUT2D eigenvalue weighted by Crippen LogP contribution is -2.13. The summed E-state index contributed by atoms with van der Waals surface area (Å²) in [4.78, 5) is 11.5. The Bertz CT molecular complexity index is 578. The van der Waals surface area contributed by atoms with Crippen LogP contribution in [0.5, 0.6) is 5.75 Å². The van der Waals surface area contributed by atoms with Crippen molar-refractivity contribution in [3.63, 3.8) is 0 Å². The van der Waals surface area contributed by atoms with Crippen molar-refractivity contribution < 1.29 is 19.0 Å². The standard InChI is InChI=1S/C15H13FO3/c1-19-13-4-2-3-11(9-13)14(15(17)18)10-5-7-12(16)8-6-10/h2-9,14H,1H3,(H,17,18). The summed E-state index contributed by atoms with van der Waals surface area (Å²) in [5, 5.41) is 9.38. The summed E-state index contributed by atoms with van der Waals surface area (Å²) in [6.07, 6.45) is 0. The van der Waals surface area contributed by atoms with Gasteiger partial charge in [-0.15, -0.1) is 0 Å². The second kappa shape index (κ2) is 5.52. The molecule has 0 amide bonds. The Kier molecular flexibility index (Phi) is 3.80. The Morgan fingerprint density at radius 2 is 1.84 bits per heavy atom. The fourth-order valence-corrected chi connectivity index (χ4v) is 1.95. The molecule has 3 nitrogen and oxygen atoms in total. The van der Waals surface area contributed by atoms with Gasteiger partial charge in [0.2, 0.25) is 0 Å². The van der Waals surface area contributed by atoms with Crippen LogP contribution in [-0.4, -0.2) is 18.2 Å². The van der Waals surface area contributed by atoms with Crippen molar-refractivity contribution in [3.05, 3.63) is 65.5 Å². The predicted molar refractivity (Wildman–Crippen MR) is 68.9 cm³/mol. The van der Waals surface area contributed by atoms with Crippen LogP contribution in [0.15, 0.2) is 48.5 Å². The normalized spacial score (nSPS) is 11.9. The number of carboxylic acids is 1. The highest BCUT2D eigenvalue weighted by Gasteiger charge is 2.22. The van der Waals surface area contributed by atoms with Crippen molar-refractivity contribution in [2.45, 2.75) is 5.92 Å². The predicted octanol–water partition coefficient (Wildman–Crippen LogP) is 3.05. The lowest BCUT2D eigenvalue weighted by atomic mass is 9.91. The zero-order valence-electron chi connectivity index (χ0n) is 10.3. The number of benzene rings is 2. The Morgan fingerprint density at radius 1 is 1.16 bits per heavy atom. The second-order valence-corrected chi connectivity index (χ2v) is 4.10. The molecule has 1 N–H and O–H groups in total. The zero-order chi connectivity index (χ0) is 13.8. The molecule has 0 aromatic heterocycles. The molecule has 0 bridgehead atoms. The quantitative estimate of drug-likeness (QED) is 0.919. The summed E-state index contributed by atoms with van der Waals surface area (Å²) in [5.74, 6) is -1.63. The van der Waals surface area contributed by atoms with E-state index < -0.39 is 17.7 Å². The summed E-state index contributed by atoms with van der Waals surface area (Å²) >= 11 is 0. The van der Waals surface area contributed by atoms with Gasteiger partial charge in [-0.2, -0.15) is 0 Å². The van der Waals surface area contributed by atoms with Gasteiger partial charge in [-0.1, -0.05) is 24.3 Å². The van der Waals surface area contributed by atoms with E-state index >= 15 is 0 Å². The molecule has 0 aliphatic rings. The molecule has 2 aromatic rings. The minimum atomic E-state index is -0.986. The maximum atomic E-state index is 12.9. The van der Waals surface area contributed by atoms with Gasteiger partial charge in [0.25, 0.3) is 0 Å². The summed E-state index contributed by atoms with van der Waals surface area (Å²) in [6.45, 7) is 0. The first-order valence-corrected chi connectivity index (χ1v) is 5.74. The van der Waals surface area contributed by atoms with E-state index in [4.69, 9.17) is 4.74 Å². The lowest BCUT2D eigenvalue weighted by Gasteiger charge is -2.14. The summed E-state index contributed by atoms with van der Waals surface area (Å²) in [7, 11) is 1.52. The third-order valence-corrected chi connectivity index (χ3v) is 2.88. The van der Waals surface area contributed by atoms with Crippen LogP contribution in [-0.2, 0) is 4.79 Å². The molecule has 2 aromatic carbocycles. The van der Waals surface area contributed by atoms with Crippen molar-refractivity contribution in [1.29, 1.82) is 0 Å². The first kappa shape index (κ1) is 13.1. The highest BCUT2D eigenvalue weighted by Crippen LogP contribution is 2.27. The van der Waals surface area contributed by atoms with E-state index in [0.29, 0.717) is 16.9 Å². The van der Waals surface area contributed by atoms with Crippen LogP contribution in [0.1, 0.15) is 17.0 Å². The third kappa shape index (κ3) is 2.91. The molecule has 4 heteroatoms. The molecule has 0 radical (unpaired) electrons. The van der Waals surface area contributed by atoms with Crippen LogP contribution in [0.4, 0.5) is 4.39 Å². The molecule has 0 aliphatic heterocycles. The Balaban J connectivity index is 2.45. The molecule has 1 unspecified atom stereocenters. The number of hydrogen-bond acceptors (Lipinski definition) is 2. The summed E-state index contributed by atoms with van der Waals surface area (Å²) in [5.41, 5.74) is 1.13. The van der Waals surface area contributed by atoms with Crippen molar-refractivity contribution in [3.8, 4) is 5.75 Å². The van der Waals surface area contributed by atoms with Gasteiger partial charge in [-0.05, 0) is 35.4 Å². The first-order chi connectivity index (χ1) is 9.11. The van der Waals surface area contributed by atoms with Gasteiger partial charge in [-0.3, -0.25) is 4.79 Å². The van der Waals surface area contributed by atoms with Crippen LogP contribution < -0.4 is 4.74 Å². The van der Waals surface area contributed by atoms with Crippen molar-refractivity contribution in [2.24, 2.45) is 0 Å². The van der Waals surface area contributed by atoms with Gasteiger partial charge < -0.3 is 9.84 Å². The number of hydrogen-bond donors (Lipinski definition) is 1. The largest absolute Gasteiger partial charge is 0.497 e. The molecule has 0 fully saturated rings. The van der Waals surface area contributed by atoms with Crippen molar-refractivity contribution in [1.82, 2.24) is 0 Å². The minimum absolute atomic E-state index is 0.390. The van der Waals surface area contributed by atoms with Gasteiger partial charge in [-0.25, -0.2) is 4.39 Å². The van der Waals surface area contributed by atoms with Crippen LogP contribution in [0.3, 0.4) is 0 Å². The third-order valence-electron chi connectivity index (χ3n) is 2.88. The number of rotatable bonds is 4. The average molecular weight is 260 g/mol. The number of carboxylic acid groups (broad SMARTS) is 1. The van der Waals surface area contributed by atoms with Gasteiger partial charge >= 0.3 is 5.97 Å². The molecule has 19 heavy (non-hydrogen) atoms. The van der Waals surface area contributed by atoms with Gasteiger partial charge in [0, 0.05) is 0 Å². The SMILES string of the molecule is COc1cccc(C(C(=O)O)c2ccc(F)cc2)c1. The van der Waals surface area contributed by atoms with Crippen LogP contribution in [0, 0.1) is 5.82 Å². The number of halogens is 1. The average Bonchev–Trinajstić information content (AvgIpc) is 2.41. The van der Waals surface area contributed by atoms with Gasteiger partial charge in [0.15, 0.2) is 0 Å². The Hall–Kier alpha value is -2.36. The minimum Gasteiger partial charge on any atom is -0.497 e. The van der Waals surface area contributed by atoms with E-state index in [9.17, 15) is 14.3 Å². The van der Waals surface area contributed by atoms with E-state index in [1.54, 1.807) is 24.3 Å². The van der Waals surface area contributed by atoms with Crippen LogP contribution in [0.2, 0.25) is 0 Å². The maximum absolute atomic E-state index is 12.9. The monoisotopic (exact) mass is 260 g/mol. The molecule has 0 saturated heterocycles. The number of aliphatic carboxylic acids is 1. The van der Waals surface area contributed by atoms with E-state index in [1.165, 1.54) is 31.4 Å². The molecule has 0 spiro atoms. The van der Waals surface area contributed by atoms with Crippen molar-refractivity contribution in [2.75, 3.05) is 7.11 Å². The molecular formula is C15H13FO3. The molecule has 1 atom stereocenters. The topological polar surface area (TPSA) is 46.5 Å². The van der Waals surface area contributed by atoms with Gasteiger partial charge in [0.1, 0.15) is 17.5 Å². The van der Waals surface area contributed by atoms with E-state index in [0.717, 1.165) is 0 Å². The first-order valence-electron chi connectivity index (χ1n) is 5.74. The highest BCUT2D eigenvalue weighted by molar-refractivity contribution is 5.80. The maximum Gasteiger partial charge on any atom is 0.315 e. The Morgan fingerprint density at radius 3 is 2.42 bits per heavy atom. The smallest absolute Gasteiger partial charge is 0.315 e. The molecule has 98 valence electrons. The lowest BCUT2D eigenvalue weighted by molar-refractivity contribution is -0.137. The van der Waals surface area contributed by atoms with E-state index in [1.807, 2.05) is 0 Å². The summed E-state index contributed by atoms with van der Waals surface area (Å²) < 4.78 is 18.0. The van der Waals surface area contributed by atoms with E-state index in [-0.39, 0.29) is 0 Å². The van der Waals surface area contributed by atoms with Crippen LogP contribution in [0.25, 0.3) is 0 Å². The highest BCUT2D eigenvalue weighted by atomic mass is 19.1. The molecule has 0 heterocycles.